The van der Waals surface area contributed by atoms with Crippen molar-refractivity contribution in [3.63, 3.8) is 0 Å². The van der Waals surface area contributed by atoms with E-state index >= 15 is 0 Å². The lowest BCUT2D eigenvalue weighted by atomic mass is 9.73. The van der Waals surface area contributed by atoms with Gasteiger partial charge in [0.15, 0.2) is 5.82 Å². The number of aromatic amines is 1. The Bertz CT molecular complexity index is 1530. The predicted octanol–water partition coefficient (Wildman–Crippen LogP) is 6.00. The van der Waals surface area contributed by atoms with Crippen LogP contribution >= 0.6 is 0 Å². The number of aromatic nitrogens is 6. The second kappa shape index (κ2) is 9.53. The quantitative estimate of drug-likeness (QED) is 0.281. The summed E-state index contributed by atoms with van der Waals surface area (Å²) in [5.41, 5.74) is 6.41. The molecule has 2 aromatic carbocycles. The van der Waals surface area contributed by atoms with Crippen LogP contribution in [0.1, 0.15) is 76.1 Å². The van der Waals surface area contributed by atoms with Gasteiger partial charge < -0.3 is 0 Å². The summed E-state index contributed by atoms with van der Waals surface area (Å²) in [5, 5.41) is 14.4. The average molecular weight is 509 g/mol. The Balaban J connectivity index is 1.40. The van der Waals surface area contributed by atoms with E-state index in [1.165, 1.54) is 5.69 Å². The Morgan fingerprint density at radius 3 is 2.18 bits per heavy atom. The standard InChI is InChI=1S/C31H36N6O/c1-4-7-12-27-26(29(38)37-31(6-3)19-17-30(5-2,18-20-31)36(27)37)21-22-13-15-23(16-14-22)24-10-8-9-11-25(24)28-32-34-35-33-28/h8-11,13-17,19H,4-7,12,18,20-21H2,1-3H3,(H,32,33,34,35). The maximum Gasteiger partial charge on any atom is 0.271 e. The fraction of sp³-hybridized carbons (Fsp3) is 0.419. The van der Waals surface area contributed by atoms with Crippen LogP contribution in [0.15, 0.2) is 65.5 Å². The lowest BCUT2D eigenvalue weighted by molar-refractivity contribution is 0.0812. The topological polar surface area (TPSA) is 81.4 Å². The number of fused-ring (bicyclic) bond motifs is 1. The van der Waals surface area contributed by atoms with E-state index in [1.54, 1.807) is 0 Å². The van der Waals surface area contributed by atoms with Crippen molar-refractivity contribution in [2.24, 2.45) is 0 Å². The normalized spacial score (nSPS) is 21.7. The minimum absolute atomic E-state index is 0.0828. The van der Waals surface area contributed by atoms with Crippen LogP contribution in [-0.2, 0) is 23.9 Å². The molecule has 3 aliphatic rings. The SMILES string of the molecule is CCCCc1c(Cc2ccc(-c3ccccc3-c3nnn[nH]3)cc2)c(=O)n2n1C1(CC)C=CC2(CC)CC1. The Kier molecular flexibility index (Phi) is 6.17. The zero-order valence-electron chi connectivity index (χ0n) is 22.6. The third kappa shape index (κ3) is 3.70. The Hall–Kier alpha value is -3.74. The Morgan fingerprint density at radius 1 is 0.895 bits per heavy atom. The van der Waals surface area contributed by atoms with Crippen molar-refractivity contribution in [1.82, 2.24) is 30.0 Å². The highest BCUT2D eigenvalue weighted by atomic mass is 16.1. The number of nitrogens with zero attached hydrogens (tertiary/aromatic N) is 5. The molecule has 2 unspecified atom stereocenters. The number of benzene rings is 2. The van der Waals surface area contributed by atoms with Gasteiger partial charge in [-0.15, -0.1) is 5.10 Å². The molecule has 4 aromatic rings. The summed E-state index contributed by atoms with van der Waals surface area (Å²) in [6.45, 7) is 6.71. The first-order valence-electron chi connectivity index (χ1n) is 14.1. The summed E-state index contributed by atoms with van der Waals surface area (Å²) in [6, 6.07) is 16.7. The van der Waals surface area contributed by atoms with Crippen LogP contribution in [0.25, 0.3) is 22.5 Å². The molecule has 7 nitrogen and oxygen atoms in total. The minimum atomic E-state index is -0.198. The van der Waals surface area contributed by atoms with Gasteiger partial charge in [0.25, 0.3) is 5.56 Å². The van der Waals surface area contributed by atoms with Crippen LogP contribution in [0, 0.1) is 0 Å². The molecule has 0 saturated carbocycles. The van der Waals surface area contributed by atoms with Crippen molar-refractivity contribution in [1.29, 1.82) is 0 Å². The molecule has 196 valence electrons. The number of H-pyrrole nitrogens is 1. The summed E-state index contributed by atoms with van der Waals surface area (Å²) in [7, 11) is 0. The molecule has 2 atom stereocenters. The molecule has 0 radical (unpaired) electrons. The third-order valence-electron chi connectivity index (χ3n) is 8.96. The summed E-state index contributed by atoms with van der Waals surface area (Å²) >= 11 is 0. The number of hydrogen-bond acceptors (Lipinski definition) is 4. The van der Waals surface area contributed by atoms with Gasteiger partial charge in [-0.1, -0.05) is 87.9 Å². The van der Waals surface area contributed by atoms with Gasteiger partial charge in [-0.3, -0.25) is 9.48 Å². The molecule has 1 aliphatic carbocycles. The van der Waals surface area contributed by atoms with Gasteiger partial charge in [0, 0.05) is 23.2 Å². The van der Waals surface area contributed by atoms with E-state index < -0.39 is 0 Å². The lowest BCUT2D eigenvalue weighted by Crippen LogP contribution is -2.56. The first-order chi connectivity index (χ1) is 18.6. The number of allylic oxidation sites excluding steroid dienone is 2. The Morgan fingerprint density at radius 2 is 1.58 bits per heavy atom. The van der Waals surface area contributed by atoms with Crippen LogP contribution in [0.2, 0.25) is 0 Å². The molecule has 1 N–H and O–H groups in total. The van der Waals surface area contributed by atoms with Crippen LogP contribution in [-0.4, -0.2) is 30.0 Å². The monoisotopic (exact) mass is 508 g/mol. The number of tetrazole rings is 1. The highest BCUT2D eigenvalue weighted by Gasteiger charge is 2.49. The van der Waals surface area contributed by atoms with Gasteiger partial charge in [0.05, 0.1) is 11.1 Å². The van der Waals surface area contributed by atoms with Gasteiger partial charge in [0.2, 0.25) is 0 Å². The van der Waals surface area contributed by atoms with E-state index in [2.05, 4.69) is 93.2 Å². The molecular formula is C31H36N6O. The fourth-order valence-corrected chi connectivity index (χ4v) is 6.61. The van der Waals surface area contributed by atoms with Gasteiger partial charge >= 0.3 is 0 Å². The fourth-order valence-electron chi connectivity index (χ4n) is 6.61. The second-order valence-corrected chi connectivity index (χ2v) is 10.9. The van der Waals surface area contributed by atoms with E-state index in [-0.39, 0.29) is 16.6 Å². The van der Waals surface area contributed by atoms with Crippen LogP contribution in [0.3, 0.4) is 0 Å². The number of nitrogens with one attached hydrogen (secondary N) is 1. The van der Waals surface area contributed by atoms with Gasteiger partial charge in [-0.2, -0.15) is 0 Å². The van der Waals surface area contributed by atoms with Crippen molar-refractivity contribution in [3.05, 3.63) is 87.9 Å². The van der Waals surface area contributed by atoms with Crippen molar-refractivity contribution in [2.75, 3.05) is 0 Å². The maximum absolute atomic E-state index is 14.2. The number of rotatable bonds is 9. The molecule has 0 amide bonds. The van der Waals surface area contributed by atoms with Crippen molar-refractivity contribution >= 4 is 0 Å². The third-order valence-corrected chi connectivity index (χ3v) is 8.96. The molecule has 0 saturated heterocycles. The van der Waals surface area contributed by atoms with Crippen LogP contribution in [0.4, 0.5) is 0 Å². The number of hydrogen-bond donors (Lipinski definition) is 1. The van der Waals surface area contributed by atoms with Gasteiger partial charge in [0.1, 0.15) is 0 Å². The first kappa shape index (κ1) is 24.6. The second-order valence-electron chi connectivity index (χ2n) is 10.9. The highest BCUT2D eigenvalue weighted by molar-refractivity contribution is 5.80. The molecule has 0 fully saturated rings. The van der Waals surface area contributed by atoms with Crippen LogP contribution < -0.4 is 5.56 Å². The molecule has 2 aromatic heterocycles. The highest BCUT2D eigenvalue weighted by Crippen LogP contribution is 2.48. The minimum Gasteiger partial charge on any atom is -0.276 e. The molecule has 2 bridgehead atoms. The van der Waals surface area contributed by atoms with E-state index in [4.69, 9.17) is 0 Å². The summed E-state index contributed by atoms with van der Waals surface area (Å²) in [6.07, 6.45) is 12.6. The summed E-state index contributed by atoms with van der Waals surface area (Å²) in [4.78, 5) is 14.2. The molecule has 2 aliphatic heterocycles. The van der Waals surface area contributed by atoms with Crippen molar-refractivity contribution in [3.8, 4) is 22.5 Å². The lowest BCUT2D eigenvalue weighted by Gasteiger charge is -2.51. The first-order valence-corrected chi connectivity index (χ1v) is 14.1. The zero-order valence-corrected chi connectivity index (χ0v) is 22.6. The molecule has 0 spiro atoms. The molecule has 4 heterocycles. The van der Waals surface area contributed by atoms with E-state index in [9.17, 15) is 4.79 Å². The van der Waals surface area contributed by atoms with Crippen molar-refractivity contribution < 1.29 is 0 Å². The number of unbranched alkanes of at least 4 members (excludes halogenated alkanes) is 1. The van der Waals surface area contributed by atoms with E-state index in [0.29, 0.717) is 12.2 Å². The van der Waals surface area contributed by atoms with Crippen molar-refractivity contribution in [2.45, 2.75) is 83.2 Å². The molecular weight excluding hydrogens is 472 g/mol. The predicted molar refractivity (Wildman–Crippen MR) is 150 cm³/mol. The molecule has 7 heteroatoms. The molecule has 7 rings (SSSR count). The van der Waals surface area contributed by atoms with Gasteiger partial charge in [-0.05, 0) is 65.6 Å². The van der Waals surface area contributed by atoms with E-state index in [1.807, 2.05) is 18.2 Å². The molecule has 38 heavy (non-hydrogen) atoms. The Labute approximate surface area is 223 Å². The average Bonchev–Trinajstić information content (AvgIpc) is 3.61. The largest absolute Gasteiger partial charge is 0.276 e. The zero-order chi connectivity index (χ0) is 26.3. The smallest absolute Gasteiger partial charge is 0.271 e. The van der Waals surface area contributed by atoms with E-state index in [0.717, 1.165) is 72.8 Å². The maximum atomic E-state index is 14.2. The summed E-state index contributed by atoms with van der Waals surface area (Å²) in [5.74, 6) is 0.649. The summed E-state index contributed by atoms with van der Waals surface area (Å²) < 4.78 is 4.58. The van der Waals surface area contributed by atoms with Gasteiger partial charge in [-0.25, -0.2) is 9.78 Å². The van der Waals surface area contributed by atoms with Crippen LogP contribution in [0.5, 0.6) is 0 Å².